The first kappa shape index (κ1) is 12.0. The maximum absolute atomic E-state index is 12.0. The van der Waals surface area contributed by atoms with Crippen LogP contribution in [0.4, 0.5) is 13.2 Å². The average Bonchev–Trinajstić information content (AvgIpc) is 2.14. The van der Waals surface area contributed by atoms with E-state index in [1.165, 1.54) is 6.20 Å². The smallest absolute Gasteiger partial charge is 0.324 e. The van der Waals surface area contributed by atoms with E-state index in [0.717, 1.165) is 11.1 Å². The van der Waals surface area contributed by atoms with Crippen molar-refractivity contribution in [3.8, 4) is 0 Å². The summed E-state index contributed by atoms with van der Waals surface area (Å²) in [7, 11) is 0. The molecule has 1 aromatic rings. The van der Waals surface area contributed by atoms with Gasteiger partial charge in [-0.1, -0.05) is 0 Å². The fourth-order valence-electron chi connectivity index (χ4n) is 1.37. The fourth-order valence-corrected chi connectivity index (χ4v) is 1.37. The largest absolute Gasteiger partial charge is 0.389 e. The standard InChI is InChI=1S/C10H13F3N2/c1-7-6-15-5-3-8(7)9(14)2-4-10(11,12)13/h3,5-6,9H,2,4,14H2,1H3. The number of rotatable bonds is 3. The molecule has 15 heavy (non-hydrogen) atoms. The van der Waals surface area contributed by atoms with Gasteiger partial charge in [-0.2, -0.15) is 13.2 Å². The second kappa shape index (κ2) is 4.61. The second-order valence-corrected chi connectivity index (χ2v) is 3.49. The van der Waals surface area contributed by atoms with Gasteiger partial charge in [0, 0.05) is 24.9 Å². The third kappa shape index (κ3) is 3.87. The number of pyridine rings is 1. The van der Waals surface area contributed by atoms with Crippen LogP contribution in [0.1, 0.15) is 30.0 Å². The Morgan fingerprint density at radius 2 is 2.13 bits per heavy atom. The lowest BCUT2D eigenvalue weighted by Gasteiger charge is -2.15. The van der Waals surface area contributed by atoms with Gasteiger partial charge in [0.2, 0.25) is 0 Å². The molecule has 0 aliphatic heterocycles. The molecule has 0 aromatic carbocycles. The van der Waals surface area contributed by atoms with Crippen LogP contribution in [-0.2, 0) is 0 Å². The normalized spacial score (nSPS) is 13.9. The molecule has 0 spiro atoms. The number of halogens is 3. The van der Waals surface area contributed by atoms with Gasteiger partial charge in [-0.3, -0.25) is 4.98 Å². The molecule has 0 bridgehead atoms. The van der Waals surface area contributed by atoms with E-state index in [0.29, 0.717) is 0 Å². The summed E-state index contributed by atoms with van der Waals surface area (Å²) in [6.45, 7) is 1.79. The molecule has 84 valence electrons. The van der Waals surface area contributed by atoms with Gasteiger partial charge in [-0.05, 0) is 30.5 Å². The van der Waals surface area contributed by atoms with Gasteiger partial charge >= 0.3 is 6.18 Å². The second-order valence-electron chi connectivity index (χ2n) is 3.49. The molecule has 1 heterocycles. The quantitative estimate of drug-likeness (QED) is 0.847. The number of aryl methyl sites for hydroxylation is 1. The minimum atomic E-state index is -4.14. The Balaban J connectivity index is 2.62. The van der Waals surface area contributed by atoms with Crippen molar-refractivity contribution < 1.29 is 13.2 Å². The Bertz CT molecular complexity index is 323. The number of hydrogen-bond donors (Lipinski definition) is 1. The molecule has 0 fully saturated rings. The van der Waals surface area contributed by atoms with Crippen LogP contribution in [0, 0.1) is 6.92 Å². The van der Waals surface area contributed by atoms with Crippen molar-refractivity contribution in [3.05, 3.63) is 29.6 Å². The molecule has 0 aliphatic rings. The summed E-state index contributed by atoms with van der Waals surface area (Å²) in [5, 5.41) is 0. The Morgan fingerprint density at radius 3 is 2.67 bits per heavy atom. The first-order valence-corrected chi connectivity index (χ1v) is 4.63. The lowest BCUT2D eigenvalue weighted by Crippen LogP contribution is -2.16. The third-order valence-electron chi connectivity index (χ3n) is 2.20. The van der Waals surface area contributed by atoms with E-state index in [-0.39, 0.29) is 6.42 Å². The van der Waals surface area contributed by atoms with E-state index in [2.05, 4.69) is 4.98 Å². The van der Waals surface area contributed by atoms with Crippen LogP contribution in [0.2, 0.25) is 0 Å². The van der Waals surface area contributed by atoms with E-state index >= 15 is 0 Å². The molecular formula is C10H13F3N2. The van der Waals surface area contributed by atoms with Crippen molar-refractivity contribution >= 4 is 0 Å². The average molecular weight is 218 g/mol. The summed E-state index contributed by atoms with van der Waals surface area (Å²) >= 11 is 0. The van der Waals surface area contributed by atoms with E-state index in [1.807, 2.05) is 0 Å². The molecule has 1 aromatic heterocycles. The lowest BCUT2D eigenvalue weighted by atomic mass is 10.0. The highest BCUT2D eigenvalue weighted by atomic mass is 19.4. The van der Waals surface area contributed by atoms with E-state index < -0.39 is 18.6 Å². The molecule has 0 radical (unpaired) electrons. The lowest BCUT2D eigenvalue weighted by molar-refractivity contribution is -0.136. The topological polar surface area (TPSA) is 38.9 Å². The van der Waals surface area contributed by atoms with Gasteiger partial charge in [0.05, 0.1) is 0 Å². The third-order valence-corrected chi connectivity index (χ3v) is 2.20. The summed E-state index contributed by atoms with van der Waals surface area (Å²) in [6, 6.07) is 1.09. The first-order valence-electron chi connectivity index (χ1n) is 4.63. The van der Waals surface area contributed by atoms with Crippen LogP contribution in [0.25, 0.3) is 0 Å². The van der Waals surface area contributed by atoms with E-state index in [4.69, 9.17) is 5.73 Å². The van der Waals surface area contributed by atoms with Gasteiger partial charge in [0.1, 0.15) is 0 Å². The summed E-state index contributed by atoms with van der Waals surface area (Å²) in [6.07, 6.45) is -1.94. The zero-order valence-corrected chi connectivity index (χ0v) is 8.38. The van der Waals surface area contributed by atoms with Gasteiger partial charge in [-0.15, -0.1) is 0 Å². The minimum Gasteiger partial charge on any atom is -0.324 e. The molecule has 0 saturated heterocycles. The van der Waals surface area contributed by atoms with E-state index in [1.54, 1.807) is 19.2 Å². The number of nitrogens with zero attached hydrogens (tertiary/aromatic N) is 1. The predicted molar refractivity (Wildman–Crippen MR) is 51.2 cm³/mol. The van der Waals surface area contributed by atoms with Crippen molar-refractivity contribution in [2.45, 2.75) is 32.0 Å². The summed E-state index contributed by atoms with van der Waals surface area (Å²) < 4.78 is 35.9. The first-order chi connectivity index (χ1) is 6.90. The number of hydrogen-bond acceptors (Lipinski definition) is 2. The molecule has 0 amide bonds. The summed E-state index contributed by atoms with van der Waals surface area (Å²) in [4.78, 5) is 3.86. The van der Waals surface area contributed by atoms with Crippen molar-refractivity contribution in [3.63, 3.8) is 0 Å². The van der Waals surface area contributed by atoms with Crippen LogP contribution >= 0.6 is 0 Å². The fraction of sp³-hybridized carbons (Fsp3) is 0.500. The Kier molecular flexibility index (Phi) is 3.68. The highest BCUT2D eigenvalue weighted by Crippen LogP contribution is 2.27. The van der Waals surface area contributed by atoms with Crippen molar-refractivity contribution in [2.24, 2.45) is 5.73 Å². The van der Waals surface area contributed by atoms with Crippen LogP contribution in [0.3, 0.4) is 0 Å². The minimum absolute atomic E-state index is 0.0889. The summed E-state index contributed by atoms with van der Waals surface area (Å²) in [5.41, 5.74) is 7.23. The number of nitrogens with two attached hydrogens (primary N) is 1. The van der Waals surface area contributed by atoms with Crippen LogP contribution in [0.15, 0.2) is 18.5 Å². The molecule has 1 atom stereocenters. The Morgan fingerprint density at radius 1 is 1.47 bits per heavy atom. The molecule has 0 saturated carbocycles. The maximum Gasteiger partial charge on any atom is 0.389 e. The molecule has 1 unspecified atom stereocenters. The number of aromatic nitrogens is 1. The van der Waals surface area contributed by atoms with Crippen molar-refractivity contribution in [1.82, 2.24) is 4.98 Å². The van der Waals surface area contributed by atoms with E-state index in [9.17, 15) is 13.2 Å². The SMILES string of the molecule is Cc1cnccc1C(N)CCC(F)(F)F. The molecular weight excluding hydrogens is 205 g/mol. The van der Waals surface area contributed by atoms with Crippen LogP contribution in [0.5, 0.6) is 0 Å². The molecule has 0 aliphatic carbocycles. The Labute approximate surface area is 86.3 Å². The number of alkyl halides is 3. The van der Waals surface area contributed by atoms with Crippen molar-refractivity contribution in [1.29, 1.82) is 0 Å². The molecule has 5 heteroatoms. The van der Waals surface area contributed by atoms with Crippen molar-refractivity contribution in [2.75, 3.05) is 0 Å². The predicted octanol–water partition coefficient (Wildman–Crippen LogP) is 2.73. The Hall–Kier alpha value is -1.10. The highest BCUT2D eigenvalue weighted by Gasteiger charge is 2.28. The zero-order chi connectivity index (χ0) is 11.5. The van der Waals surface area contributed by atoms with Gasteiger partial charge in [0.25, 0.3) is 0 Å². The van der Waals surface area contributed by atoms with Crippen LogP contribution in [-0.4, -0.2) is 11.2 Å². The molecule has 1 rings (SSSR count). The monoisotopic (exact) mass is 218 g/mol. The maximum atomic E-state index is 12.0. The van der Waals surface area contributed by atoms with Crippen LogP contribution < -0.4 is 5.73 Å². The molecule has 2 nitrogen and oxygen atoms in total. The molecule has 2 N–H and O–H groups in total. The van der Waals surface area contributed by atoms with Gasteiger partial charge < -0.3 is 5.73 Å². The van der Waals surface area contributed by atoms with Gasteiger partial charge in [0.15, 0.2) is 0 Å². The highest BCUT2D eigenvalue weighted by molar-refractivity contribution is 5.24. The summed E-state index contributed by atoms with van der Waals surface area (Å²) in [5.74, 6) is 0. The zero-order valence-electron chi connectivity index (χ0n) is 8.38. The van der Waals surface area contributed by atoms with Gasteiger partial charge in [-0.25, -0.2) is 0 Å².